The average molecular weight is 270 g/mol. The molecular weight excluding hydrogens is 248 g/mol. The standard InChI is InChI=1S/C16H22N4/c1-16(11-17)6-8-19(12-16)10-14-2-4-15(5-3-14)20-9-7-18-13-20/h2-5,7,9,13H,6,8,10-12,17H2,1H3. The monoisotopic (exact) mass is 270 g/mol. The zero-order valence-electron chi connectivity index (χ0n) is 12.0. The summed E-state index contributed by atoms with van der Waals surface area (Å²) in [5.74, 6) is 0. The first-order valence-electron chi connectivity index (χ1n) is 7.18. The van der Waals surface area contributed by atoms with Gasteiger partial charge < -0.3 is 10.3 Å². The van der Waals surface area contributed by atoms with Crippen molar-refractivity contribution in [2.45, 2.75) is 19.9 Å². The van der Waals surface area contributed by atoms with Gasteiger partial charge in [0, 0.05) is 31.2 Å². The third-order valence-corrected chi connectivity index (χ3v) is 4.27. The lowest BCUT2D eigenvalue weighted by Crippen LogP contribution is -2.31. The summed E-state index contributed by atoms with van der Waals surface area (Å²) < 4.78 is 2.02. The molecule has 0 bridgehead atoms. The number of hydrogen-bond donors (Lipinski definition) is 1. The third kappa shape index (κ3) is 2.76. The first-order chi connectivity index (χ1) is 9.68. The minimum Gasteiger partial charge on any atom is -0.330 e. The first kappa shape index (κ1) is 13.3. The van der Waals surface area contributed by atoms with E-state index in [2.05, 4.69) is 41.1 Å². The Balaban J connectivity index is 1.65. The second-order valence-electron chi connectivity index (χ2n) is 6.11. The van der Waals surface area contributed by atoms with Crippen LogP contribution in [-0.4, -0.2) is 34.1 Å². The number of nitrogens with two attached hydrogens (primary N) is 1. The molecule has 0 saturated carbocycles. The van der Waals surface area contributed by atoms with Crippen LogP contribution in [0.4, 0.5) is 0 Å². The molecule has 1 aliphatic rings. The summed E-state index contributed by atoms with van der Waals surface area (Å²) in [4.78, 5) is 6.57. The largest absolute Gasteiger partial charge is 0.330 e. The van der Waals surface area contributed by atoms with E-state index in [1.54, 1.807) is 6.20 Å². The molecule has 3 rings (SSSR count). The van der Waals surface area contributed by atoms with Crippen molar-refractivity contribution in [3.8, 4) is 5.69 Å². The summed E-state index contributed by atoms with van der Waals surface area (Å²) in [6.45, 7) is 6.34. The predicted molar refractivity (Wildman–Crippen MR) is 80.6 cm³/mol. The molecule has 2 heterocycles. The molecule has 0 radical (unpaired) electrons. The summed E-state index contributed by atoms with van der Waals surface area (Å²) in [5, 5.41) is 0. The van der Waals surface area contributed by atoms with Crippen LogP contribution < -0.4 is 5.73 Å². The lowest BCUT2D eigenvalue weighted by atomic mass is 9.90. The molecule has 2 N–H and O–H groups in total. The molecule has 0 spiro atoms. The Labute approximate surface area is 120 Å². The molecular formula is C16H22N4. The quantitative estimate of drug-likeness (QED) is 0.925. The minimum atomic E-state index is 0.302. The Morgan fingerprint density at radius 3 is 2.70 bits per heavy atom. The molecule has 1 atom stereocenters. The van der Waals surface area contributed by atoms with Gasteiger partial charge >= 0.3 is 0 Å². The van der Waals surface area contributed by atoms with Crippen molar-refractivity contribution in [2.75, 3.05) is 19.6 Å². The normalized spacial score (nSPS) is 23.3. The number of rotatable bonds is 4. The Morgan fingerprint density at radius 1 is 1.30 bits per heavy atom. The fourth-order valence-electron chi connectivity index (χ4n) is 2.87. The summed E-state index contributed by atoms with van der Waals surface area (Å²) in [7, 11) is 0. The van der Waals surface area contributed by atoms with E-state index < -0.39 is 0 Å². The van der Waals surface area contributed by atoms with Crippen LogP contribution in [-0.2, 0) is 6.54 Å². The molecule has 1 unspecified atom stereocenters. The van der Waals surface area contributed by atoms with E-state index in [1.807, 2.05) is 17.1 Å². The van der Waals surface area contributed by atoms with Crippen LogP contribution in [0.25, 0.3) is 5.69 Å². The highest BCUT2D eigenvalue weighted by Gasteiger charge is 2.32. The van der Waals surface area contributed by atoms with Crippen molar-refractivity contribution in [1.29, 1.82) is 0 Å². The van der Waals surface area contributed by atoms with Gasteiger partial charge in [-0.3, -0.25) is 4.90 Å². The fourth-order valence-corrected chi connectivity index (χ4v) is 2.87. The summed E-state index contributed by atoms with van der Waals surface area (Å²) in [5.41, 5.74) is 8.67. The summed E-state index contributed by atoms with van der Waals surface area (Å²) in [6, 6.07) is 8.70. The molecule has 1 fully saturated rings. The van der Waals surface area contributed by atoms with Gasteiger partial charge in [0.2, 0.25) is 0 Å². The van der Waals surface area contributed by atoms with E-state index in [0.29, 0.717) is 5.41 Å². The highest BCUT2D eigenvalue weighted by molar-refractivity contribution is 5.34. The molecule has 20 heavy (non-hydrogen) atoms. The van der Waals surface area contributed by atoms with Gasteiger partial charge in [-0.15, -0.1) is 0 Å². The van der Waals surface area contributed by atoms with Gasteiger partial charge in [-0.2, -0.15) is 0 Å². The van der Waals surface area contributed by atoms with Crippen LogP contribution in [0.2, 0.25) is 0 Å². The molecule has 1 aromatic carbocycles. The van der Waals surface area contributed by atoms with E-state index >= 15 is 0 Å². The molecule has 0 amide bonds. The maximum atomic E-state index is 5.86. The van der Waals surface area contributed by atoms with Gasteiger partial charge in [0.25, 0.3) is 0 Å². The van der Waals surface area contributed by atoms with Gasteiger partial charge in [0.1, 0.15) is 0 Å². The second-order valence-corrected chi connectivity index (χ2v) is 6.11. The van der Waals surface area contributed by atoms with E-state index in [0.717, 1.165) is 31.9 Å². The maximum Gasteiger partial charge on any atom is 0.0991 e. The maximum absolute atomic E-state index is 5.86. The first-order valence-corrected chi connectivity index (χ1v) is 7.18. The van der Waals surface area contributed by atoms with Crippen molar-refractivity contribution < 1.29 is 0 Å². The third-order valence-electron chi connectivity index (χ3n) is 4.27. The molecule has 4 heteroatoms. The lowest BCUT2D eigenvalue weighted by Gasteiger charge is -2.22. The fraction of sp³-hybridized carbons (Fsp3) is 0.438. The minimum absolute atomic E-state index is 0.302. The van der Waals surface area contributed by atoms with Crippen LogP contribution in [0.5, 0.6) is 0 Å². The Kier molecular flexibility index (Phi) is 3.59. The van der Waals surface area contributed by atoms with Crippen LogP contribution in [0.3, 0.4) is 0 Å². The molecule has 106 valence electrons. The Hall–Kier alpha value is -1.65. The average Bonchev–Trinajstić information content (AvgIpc) is 3.11. The van der Waals surface area contributed by atoms with Gasteiger partial charge in [0.15, 0.2) is 0 Å². The van der Waals surface area contributed by atoms with Gasteiger partial charge in [-0.1, -0.05) is 19.1 Å². The highest BCUT2D eigenvalue weighted by Crippen LogP contribution is 2.29. The molecule has 1 saturated heterocycles. The van der Waals surface area contributed by atoms with Crippen LogP contribution in [0.1, 0.15) is 18.9 Å². The van der Waals surface area contributed by atoms with Gasteiger partial charge in [-0.25, -0.2) is 4.98 Å². The van der Waals surface area contributed by atoms with Crippen molar-refractivity contribution in [3.05, 3.63) is 48.5 Å². The van der Waals surface area contributed by atoms with Crippen molar-refractivity contribution in [3.63, 3.8) is 0 Å². The zero-order valence-corrected chi connectivity index (χ0v) is 12.0. The molecule has 2 aromatic rings. The number of imidazole rings is 1. The number of likely N-dealkylation sites (tertiary alicyclic amines) is 1. The van der Waals surface area contributed by atoms with Crippen LogP contribution in [0, 0.1) is 5.41 Å². The SMILES string of the molecule is CC1(CN)CCN(Cc2ccc(-n3ccnc3)cc2)C1. The molecule has 1 aromatic heterocycles. The Morgan fingerprint density at radius 2 is 2.10 bits per heavy atom. The Bertz CT molecular complexity index is 546. The lowest BCUT2D eigenvalue weighted by molar-refractivity contribution is 0.274. The smallest absolute Gasteiger partial charge is 0.0991 e. The topological polar surface area (TPSA) is 47.1 Å². The van der Waals surface area contributed by atoms with Crippen LogP contribution in [0.15, 0.2) is 43.0 Å². The number of nitrogens with zero attached hydrogens (tertiary/aromatic N) is 3. The van der Waals surface area contributed by atoms with Crippen molar-refractivity contribution in [2.24, 2.45) is 11.1 Å². The van der Waals surface area contributed by atoms with Crippen molar-refractivity contribution >= 4 is 0 Å². The molecule has 0 aliphatic carbocycles. The van der Waals surface area contributed by atoms with E-state index in [4.69, 9.17) is 5.73 Å². The van der Waals surface area contributed by atoms with E-state index in [-0.39, 0.29) is 0 Å². The predicted octanol–water partition coefficient (Wildman–Crippen LogP) is 2.04. The van der Waals surface area contributed by atoms with Crippen LogP contribution >= 0.6 is 0 Å². The second kappa shape index (κ2) is 5.38. The van der Waals surface area contributed by atoms with Gasteiger partial charge in [0.05, 0.1) is 6.33 Å². The summed E-state index contributed by atoms with van der Waals surface area (Å²) in [6.07, 6.45) is 6.78. The number of aromatic nitrogens is 2. The van der Waals surface area contributed by atoms with E-state index in [9.17, 15) is 0 Å². The molecule has 4 nitrogen and oxygen atoms in total. The number of benzene rings is 1. The number of hydrogen-bond acceptors (Lipinski definition) is 3. The zero-order chi connectivity index (χ0) is 14.0. The van der Waals surface area contributed by atoms with Gasteiger partial charge in [-0.05, 0) is 42.6 Å². The molecule has 1 aliphatic heterocycles. The van der Waals surface area contributed by atoms with E-state index in [1.165, 1.54) is 12.0 Å². The summed E-state index contributed by atoms with van der Waals surface area (Å²) >= 11 is 0. The van der Waals surface area contributed by atoms with Crippen molar-refractivity contribution in [1.82, 2.24) is 14.5 Å². The highest BCUT2D eigenvalue weighted by atomic mass is 15.2.